The third-order valence-electron chi connectivity index (χ3n) is 2.75. The van der Waals surface area contributed by atoms with E-state index in [2.05, 4.69) is 15.3 Å². The van der Waals surface area contributed by atoms with Crippen LogP contribution in [0.5, 0.6) is 0 Å². The fraction of sp³-hybridized carbons (Fsp3) is 0.583. The van der Waals surface area contributed by atoms with Crippen LogP contribution in [0.1, 0.15) is 18.7 Å². The zero-order chi connectivity index (χ0) is 15.3. The molecule has 1 N–H and O–H groups in total. The third-order valence-corrected chi connectivity index (χ3v) is 2.75. The third kappa shape index (κ3) is 4.94. The van der Waals surface area contributed by atoms with E-state index in [4.69, 9.17) is 9.47 Å². The van der Waals surface area contributed by atoms with Crippen molar-refractivity contribution in [2.75, 3.05) is 25.1 Å². The van der Waals surface area contributed by atoms with Crippen LogP contribution in [0.4, 0.5) is 18.9 Å². The molecule has 0 bridgehead atoms. The van der Waals surface area contributed by atoms with Crippen molar-refractivity contribution in [2.24, 2.45) is 0 Å². The van der Waals surface area contributed by atoms with E-state index in [0.29, 0.717) is 13.2 Å². The van der Waals surface area contributed by atoms with Gasteiger partial charge in [-0.2, -0.15) is 13.2 Å². The van der Waals surface area contributed by atoms with Gasteiger partial charge in [0.2, 0.25) is 11.7 Å². The van der Waals surface area contributed by atoms with Crippen molar-refractivity contribution >= 4 is 11.6 Å². The molecule has 1 amide bonds. The lowest BCUT2D eigenvalue weighted by molar-refractivity contribution is -0.144. The van der Waals surface area contributed by atoms with Gasteiger partial charge in [-0.15, -0.1) is 0 Å². The molecule has 1 fully saturated rings. The highest BCUT2D eigenvalue weighted by atomic mass is 19.4. The summed E-state index contributed by atoms with van der Waals surface area (Å²) in [5.41, 5.74) is 0.0775. The second-order valence-corrected chi connectivity index (χ2v) is 4.49. The molecule has 1 aliphatic heterocycles. The number of anilines is 1. The zero-order valence-electron chi connectivity index (χ0n) is 11.0. The van der Waals surface area contributed by atoms with E-state index in [9.17, 15) is 18.0 Å². The number of alkyl halides is 3. The highest BCUT2D eigenvalue weighted by molar-refractivity contribution is 5.91. The van der Waals surface area contributed by atoms with Crippen LogP contribution in [0.2, 0.25) is 0 Å². The Bertz CT molecular complexity index is 473. The van der Waals surface area contributed by atoms with Crippen LogP contribution < -0.4 is 5.32 Å². The predicted octanol–water partition coefficient (Wildman–Crippen LogP) is 1.63. The first kappa shape index (κ1) is 15.6. The SMILES string of the molecule is O=C(COCC1CCCO1)Nc1cnc(C(F)(F)F)nc1. The van der Waals surface area contributed by atoms with E-state index in [0.717, 1.165) is 25.2 Å². The van der Waals surface area contributed by atoms with Gasteiger partial charge in [0.1, 0.15) is 6.61 Å². The molecule has 0 radical (unpaired) electrons. The molecule has 2 rings (SSSR count). The molecule has 1 unspecified atom stereocenters. The van der Waals surface area contributed by atoms with E-state index < -0.39 is 17.9 Å². The minimum atomic E-state index is -4.60. The number of nitrogens with one attached hydrogen (secondary N) is 1. The molecule has 1 aromatic rings. The first-order chi connectivity index (χ1) is 9.95. The van der Waals surface area contributed by atoms with Crippen LogP contribution in [0, 0.1) is 0 Å². The molecule has 1 aromatic heterocycles. The summed E-state index contributed by atoms with van der Waals surface area (Å²) in [5.74, 6) is -1.74. The Morgan fingerprint density at radius 3 is 2.71 bits per heavy atom. The highest BCUT2D eigenvalue weighted by Gasteiger charge is 2.34. The van der Waals surface area contributed by atoms with Crippen molar-refractivity contribution in [2.45, 2.75) is 25.1 Å². The van der Waals surface area contributed by atoms with Gasteiger partial charge in [0, 0.05) is 6.61 Å². The number of hydrogen-bond acceptors (Lipinski definition) is 5. The summed E-state index contributed by atoms with van der Waals surface area (Å²) < 4.78 is 47.2. The molecule has 0 aliphatic carbocycles. The van der Waals surface area contributed by atoms with Crippen molar-refractivity contribution in [1.29, 1.82) is 0 Å². The Hall–Kier alpha value is -1.74. The molecular formula is C12H14F3N3O3. The van der Waals surface area contributed by atoms with Crippen LogP contribution in [-0.2, 0) is 20.4 Å². The number of nitrogens with zero attached hydrogens (tertiary/aromatic N) is 2. The predicted molar refractivity (Wildman–Crippen MR) is 65.5 cm³/mol. The molecule has 0 spiro atoms. The molecule has 0 aromatic carbocycles. The fourth-order valence-corrected chi connectivity index (χ4v) is 1.79. The van der Waals surface area contributed by atoms with Gasteiger partial charge in [-0.25, -0.2) is 9.97 Å². The second-order valence-electron chi connectivity index (χ2n) is 4.49. The smallest absolute Gasteiger partial charge is 0.376 e. The molecule has 21 heavy (non-hydrogen) atoms. The molecule has 9 heteroatoms. The van der Waals surface area contributed by atoms with Gasteiger partial charge < -0.3 is 14.8 Å². The van der Waals surface area contributed by atoms with Crippen LogP contribution in [0.25, 0.3) is 0 Å². The molecule has 0 saturated carbocycles. The molecule has 6 nitrogen and oxygen atoms in total. The number of rotatable bonds is 5. The van der Waals surface area contributed by atoms with Crippen LogP contribution in [-0.4, -0.2) is 41.8 Å². The maximum atomic E-state index is 12.3. The molecular weight excluding hydrogens is 291 g/mol. The Morgan fingerprint density at radius 2 is 2.14 bits per heavy atom. The first-order valence-electron chi connectivity index (χ1n) is 6.33. The monoisotopic (exact) mass is 305 g/mol. The van der Waals surface area contributed by atoms with Crippen molar-refractivity contribution < 1.29 is 27.4 Å². The topological polar surface area (TPSA) is 73.3 Å². The number of hydrogen-bond donors (Lipinski definition) is 1. The van der Waals surface area contributed by atoms with Gasteiger partial charge in [0.15, 0.2) is 0 Å². The number of carbonyl (C=O) groups is 1. The minimum Gasteiger partial charge on any atom is -0.376 e. The van der Waals surface area contributed by atoms with E-state index in [-0.39, 0.29) is 18.4 Å². The maximum Gasteiger partial charge on any atom is 0.451 e. The van der Waals surface area contributed by atoms with Crippen molar-refractivity contribution in [1.82, 2.24) is 9.97 Å². The Morgan fingerprint density at radius 1 is 1.43 bits per heavy atom. The van der Waals surface area contributed by atoms with Gasteiger partial charge >= 0.3 is 6.18 Å². The lowest BCUT2D eigenvalue weighted by atomic mass is 10.2. The van der Waals surface area contributed by atoms with Gasteiger partial charge in [0.05, 0.1) is 30.8 Å². The lowest BCUT2D eigenvalue weighted by Gasteiger charge is -2.10. The largest absolute Gasteiger partial charge is 0.451 e. The van der Waals surface area contributed by atoms with E-state index in [1.807, 2.05) is 0 Å². The normalized spacial score (nSPS) is 18.7. The summed E-state index contributed by atoms with van der Waals surface area (Å²) in [6.07, 6.45) is -0.932. The van der Waals surface area contributed by atoms with Gasteiger partial charge in [0.25, 0.3) is 0 Å². The summed E-state index contributed by atoms with van der Waals surface area (Å²) in [7, 11) is 0. The average Bonchev–Trinajstić information content (AvgIpc) is 2.91. The van der Waals surface area contributed by atoms with E-state index >= 15 is 0 Å². The standard InChI is InChI=1S/C12H14F3N3O3/c13-12(14,15)11-16-4-8(5-17-11)18-10(19)7-20-6-9-2-1-3-21-9/h4-5,9H,1-3,6-7H2,(H,18,19). The molecule has 1 atom stereocenters. The first-order valence-corrected chi connectivity index (χ1v) is 6.33. The summed E-state index contributed by atoms with van der Waals surface area (Å²) in [6.45, 7) is 0.806. The lowest BCUT2D eigenvalue weighted by Crippen LogP contribution is -2.23. The quantitative estimate of drug-likeness (QED) is 0.895. The van der Waals surface area contributed by atoms with E-state index in [1.54, 1.807) is 0 Å². The minimum absolute atomic E-state index is 0.00667. The Kier molecular flexibility index (Phi) is 5.07. The number of carbonyl (C=O) groups excluding carboxylic acids is 1. The highest BCUT2D eigenvalue weighted by Crippen LogP contribution is 2.25. The van der Waals surface area contributed by atoms with Crippen LogP contribution in [0.15, 0.2) is 12.4 Å². The van der Waals surface area contributed by atoms with Crippen LogP contribution in [0.3, 0.4) is 0 Å². The molecule has 1 aliphatic rings. The van der Waals surface area contributed by atoms with Crippen molar-refractivity contribution in [3.05, 3.63) is 18.2 Å². The van der Waals surface area contributed by atoms with Crippen LogP contribution >= 0.6 is 0 Å². The summed E-state index contributed by atoms with van der Waals surface area (Å²) in [5, 5.41) is 2.35. The zero-order valence-corrected chi connectivity index (χ0v) is 11.0. The summed E-state index contributed by atoms with van der Waals surface area (Å²) >= 11 is 0. The second kappa shape index (κ2) is 6.81. The summed E-state index contributed by atoms with van der Waals surface area (Å²) in [6, 6.07) is 0. The molecule has 2 heterocycles. The van der Waals surface area contributed by atoms with Gasteiger partial charge in [-0.05, 0) is 12.8 Å². The molecule has 116 valence electrons. The number of amides is 1. The Labute approximate surface area is 118 Å². The van der Waals surface area contributed by atoms with E-state index in [1.165, 1.54) is 0 Å². The van der Waals surface area contributed by atoms with Crippen molar-refractivity contribution in [3.63, 3.8) is 0 Å². The summed E-state index contributed by atoms with van der Waals surface area (Å²) in [4.78, 5) is 17.8. The van der Waals surface area contributed by atoms with Gasteiger partial charge in [-0.3, -0.25) is 4.79 Å². The van der Waals surface area contributed by atoms with Crippen molar-refractivity contribution in [3.8, 4) is 0 Å². The Balaban J connectivity index is 1.74. The van der Waals surface area contributed by atoms with Gasteiger partial charge in [-0.1, -0.05) is 0 Å². The number of halogens is 3. The molecule has 1 saturated heterocycles. The average molecular weight is 305 g/mol. The fourth-order valence-electron chi connectivity index (χ4n) is 1.79. The number of aromatic nitrogens is 2. The number of ether oxygens (including phenoxy) is 2. The maximum absolute atomic E-state index is 12.3.